The Morgan fingerprint density at radius 1 is 1.09 bits per heavy atom. The molecule has 2 aromatic rings. The van der Waals surface area contributed by atoms with Gasteiger partial charge in [-0.05, 0) is 48.2 Å². The van der Waals surface area contributed by atoms with Crippen LogP contribution in [-0.4, -0.2) is 5.91 Å². The maximum absolute atomic E-state index is 11.9. The number of fused-ring (bicyclic) bond motifs is 1. The number of hydrazine groups is 1. The van der Waals surface area contributed by atoms with Crippen molar-refractivity contribution < 1.29 is 4.79 Å². The van der Waals surface area contributed by atoms with Crippen LogP contribution in [0.5, 0.6) is 0 Å². The molecule has 114 valence electrons. The van der Waals surface area contributed by atoms with Gasteiger partial charge in [-0.3, -0.25) is 10.2 Å². The van der Waals surface area contributed by atoms with E-state index in [1.54, 1.807) is 0 Å². The largest absolute Gasteiger partial charge is 0.302 e. The minimum absolute atomic E-state index is 0.00719. The van der Waals surface area contributed by atoms with E-state index in [2.05, 4.69) is 60.2 Å². The number of carbonyl (C=O) groups is 1. The molecule has 3 rings (SSSR count). The van der Waals surface area contributed by atoms with Crippen LogP contribution in [0.4, 0.5) is 0 Å². The fourth-order valence-electron chi connectivity index (χ4n) is 2.98. The molecular weight excluding hydrogens is 272 g/mol. The Hall–Kier alpha value is -2.29. The van der Waals surface area contributed by atoms with Gasteiger partial charge in [0.15, 0.2) is 0 Å². The molecule has 1 aliphatic heterocycles. The van der Waals surface area contributed by atoms with Crippen molar-refractivity contribution in [2.75, 3.05) is 0 Å². The molecule has 3 nitrogen and oxygen atoms in total. The fraction of sp³-hybridized carbons (Fsp3) is 0.316. The van der Waals surface area contributed by atoms with Gasteiger partial charge in [0.2, 0.25) is 5.91 Å². The van der Waals surface area contributed by atoms with E-state index in [1.165, 1.54) is 16.3 Å². The Bertz CT molecular complexity index is 754. The van der Waals surface area contributed by atoms with Crippen molar-refractivity contribution in [3.05, 3.63) is 53.2 Å². The number of carbonyl (C=O) groups excluding carboxylic acids is 1. The van der Waals surface area contributed by atoms with E-state index in [1.807, 2.05) is 13.8 Å². The van der Waals surface area contributed by atoms with Gasteiger partial charge in [0.1, 0.15) is 0 Å². The summed E-state index contributed by atoms with van der Waals surface area (Å²) in [7, 11) is 0. The second kappa shape index (κ2) is 5.48. The predicted octanol–water partition coefficient (Wildman–Crippen LogP) is 3.79. The highest BCUT2D eigenvalue weighted by Gasteiger charge is 2.37. The summed E-state index contributed by atoms with van der Waals surface area (Å²) in [5.74, 6) is 0.00719. The quantitative estimate of drug-likeness (QED) is 0.904. The van der Waals surface area contributed by atoms with Crippen LogP contribution in [0.15, 0.2) is 42.1 Å². The SMILES string of the molecule is CCCc1cccc2cccc(/C=C3\NNC(=O)C3(C)C)c12. The highest BCUT2D eigenvalue weighted by molar-refractivity contribution is 5.95. The van der Waals surface area contributed by atoms with Crippen molar-refractivity contribution >= 4 is 22.8 Å². The number of benzene rings is 2. The Balaban J connectivity index is 2.17. The zero-order chi connectivity index (χ0) is 15.7. The van der Waals surface area contributed by atoms with Crippen LogP contribution in [0.25, 0.3) is 16.8 Å². The van der Waals surface area contributed by atoms with E-state index in [0.29, 0.717) is 0 Å². The van der Waals surface area contributed by atoms with Crippen LogP contribution in [-0.2, 0) is 11.2 Å². The molecule has 3 heteroatoms. The maximum atomic E-state index is 11.9. The third-order valence-electron chi connectivity index (χ3n) is 4.39. The van der Waals surface area contributed by atoms with Crippen molar-refractivity contribution in [2.45, 2.75) is 33.6 Å². The number of aryl methyl sites for hydroxylation is 1. The lowest BCUT2D eigenvalue weighted by molar-refractivity contribution is -0.125. The lowest BCUT2D eigenvalue weighted by atomic mass is 9.88. The van der Waals surface area contributed by atoms with Crippen molar-refractivity contribution in [1.29, 1.82) is 0 Å². The molecule has 0 aromatic heterocycles. The van der Waals surface area contributed by atoms with Gasteiger partial charge < -0.3 is 5.43 Å². The third-order valence-corrected chi connectivity index (χ3v) is 4.39. The van der Waals surface area contributed by atoms with Crippen molar-refractivity contribution in [2.24, 2.45) is 5.41 Å². The molecule has 1 amide bonds. The summed E-state index contributed by atoms with van der Waals surface area (Å²) < 4.78 is 0. The van der Waals surface area contributed by atoms with E-state index in [0.717, 1.165) is 24.1 Å². The first-order valence-electron chi connectivity index (χ1n) is 7.83. The molecule has 0 bridgehead atoms. The number of nitrogens with one attached hydrogen (secondary N) is 2. The minimum atomic E-state index is -0.526. The van der Waals surface area contributed by atoms with Crippen LogP contribution in [0.3, 0.4) is 0 Å². The number of amides is 1. The summed E-state index contributed by atoms with van der Waals surface area (Å²) in [6.45, 7) is 6.07. The van der Waals surface area contributed by atoms with E-state index < -0.39 is 5.41 Å². The standard InChI is InChI=1S/C19H22N2O/c1-4-7-13-8-5-9-14-10-6-11-15(17(13)14)12-16-19(2,3)18(22)21-20-16/h5-6,8-12,20H,4,7H2,1-3H3,(H,21,22)/b16-12-. The Kier molecular flexibility index (Phi) is 3.65. The molecule has 22 heavy (non-hydrogen) atoms. The summed E-state index contributed by atoms with van der Waals surface area (Å²) >= 11 is 0. The van der Waals surface area contributed by atoms with E-state index in [4.69, 9.17) is 0 Å². The summed E-state index contributed by atoms with van der Waals surface area (Å²) in [5.41, 5.74) is 8.65. The Morgan fingerprint density at radius 2 is 1.82 bits per heavy atom. The van der Waals surface area contributed by atoms with Gasteiger partial charge in [0.25, 0.3) is 0 Å². The molecule has 1 heterocycles. The number of hydrogen-bond acceptors (Lipinski definition) is 2. The van der Waals surface area contributed by atoms with Gasteiger partial charge in [-0.15, -0.1) is 0 Å². The molecule has 0 saturated carbocycles. The molecule has 1 aliphatic rings. The van der Waals surface area contributed by atoms with E-state index in [-0.39, 0.29) is 5.91 Å². The Labute approximate surface area is 131 Å². The average Bonchev–Trinajstić information content (AvgIpc) is 2.75. The van der Waals surface area contributed by atoms with Gasteiger partial charge in [-0.25, -0.2) is 0 Å². The van der Waals surface area contributed by atoms with Gasteiger partial charge >= 0.3 is 0 Å². The minimum Gasteiger partial charge on any atom is -0.302 e. The average molecular weight is 294 g/mol. The first kappa shape index (κ1) is 14.6. The predicted molar refractivity (Wildman–Crippen MR) is 91.0 cm³/mol. The maximum Gasteiger partial charge on any atom is 0.249 e. The first-order valence-corrected chi connectivity index (χ1v) is 7.83. The monoisotopic (exact) mass is 294 g/mol. The zero-order valence-corrected chi connectivity index (χ0v) is 13.4. The van der Waals surface area contributed by atoms with Gasteiger partial charge in [-0.2, -0.15) is 0 Å². The lowest BCUT2D eigenvalue weighted by Gasteiger charge is -2.15. The zero-order valence-electron chi connectivity index (χ0n) is 13.4. The second-order valence-electron chi connectivity index (χ2n) is 6.37. The molecule has 2 N–H and O–H groups in total. The third kappa shape index (κ3) is 2.37. The molecule has 0 aliphatic carbocycles. The van der Waals surface area contributed by atoms with Gasteiger partial charge in [-0.1, -0.05) is 49.7 Å². The molecule has 0 spiro atoms. The molecule has 1 fully saturated rings. The summed E-state index contributed by atoms with van der Waals surface area (Å²) in [4.78, 5) is 11.9. The second-order valence-corrected chi connectivity index (χ2v) is 6.37. The summed E-state index contributed by atoms with van der Waals surface area (Å²) in [6.07, 6.45) is 4.28. The van der Waals surface area contributed by atoms with Crippen molar-refractivity contribution in [1.82, 2.24) is 10.9 Å². The summed E-state index contributed by atoms with van der Waals surface area (Å²) in [5, 5.41) is 2.53. The molecule has 1 saturated heterocycles. The molecule has 0 unspecified atom stereocenters. The number of hydrogen-bond donors (Lipinski definition) is 2. The topological polar surface area (TPSA) is 41.1 Å². The van der Waals surface area contributed by atoms with Gasteiger partial charge in [0.05, 0.1) is 5.41 Å². The van der Waals surface area contributed by atoms with Crippen LogP contribution >= 0.6 is 0 Å². The fourth-order valence-corrected chi connectivity index (χ4v) is 2.98. The van der Waals surface area contributed by atoms with Gasteiger partial charge in [0, 0.05) is 5.70 Å². The molecule has 0 atom stereocenters. The molecular formula is C19H22N2O. The highest BCUT2D eigenvalue weighted by atomic mass is 16.2. The van der Waals surface area contributed by atoms with E-state index in [9.17, 15) is 4.79 Å². The smallest absolute Gasteiger partial charge is 0.249 e. The van der Waals surface area contributed by atoms with Crippen LogP contribution < -0.4 is 10.9 Å². The normalized spacial score (nSPS) is 18.5. The number of rotatable bonds is 3. The first-order chi connectivity index (χ1) is 10.5. The lowest BCUT2D eigenvalue weighted by Crippen LogP contribution is -2.28. The Morgan fingerprint density at radius 3 is 2.45 bits per heavy atom. The van der Waals surface area contributed by atoms with E-state index >= 15 is 0 Å². The van der Waals surface area contributed by atoms with Crippen LogP contribution in [0, 0.1) is 5.41 Å². The van der Waals surface area contributed by atoms with Crippen LogP contribution in [0.2, 0.25) is 0 Å². The summed E-state index contributed by atoms with van der Waals surface area (Å²) in [6, 6.07) is 12.8. The van der Waals surface area contributed by atoms with Crippen LogP contribution in [0.1, 0.15) is 38.3 Å². The van der Waals surface area contributed by atoms with Crippen molar-refractivity contribution in [3.63, 3.8) is 0 Å². The van der Waals surface area contributed by atoms with Crippen molar-refractivity contribution in [3.8, 4) is 0 Å². The highest BCUT2D eigenvalue weighted by Crippen LogP contribution is 2.32. The molecule has 0 radical (unpaired) electrons. The molecule has 2 aromatic carbocycles.